The second-order valence-corrected chi connectivity index (χ2v) is 2.53. The summed E-state index contributed by atoms with van der Waals surface area (Å²) in [6, 6.07) is 1.30. The van der Waals surface area contributed by atoms with Crippen molar-refractivity contribution in [1.82, 2.24) is 0 Å². The van der Waals surface area contributed by atoms with E-state index >= 15 is 0 Å². The van der Waals surface area contributed by atoms with E-state index in [1.807, 2.05) is 0 Å². The highest BCUT2D eigenvalue weighted by molar-refractivity contribution is 5.34. The van der Waals surface area contributed by atoms with Crippen LogP contribution in [0.15, 0.2) is 12.1 Å². The maximum atomic E-state index is 12.7. The van der Waals surface area contributed by atoms with Crippen molar-refractivity contribution in [2.75, 3.05) is 0 Å². The Balaban J connectivity index is 3.06. The van der Waals surface area contributed by atoms with Crippen molar-refractivity contribution in [1.29, 1.82) is 0 Å². The van der Waals surface area contributed by atoms with E-state index in [9.17, 15) is 22.0 Å². The number of halogens is 5. The maximum absolute atomic E-state index is 12.7. The van der Waals surface area contributed by atoms with Crippen LogP contribution in [0.4, 0.5) is 22.0 Å². The van der Waals surface area contributed by atoms with Gasteiger partial charge in [-0.15, -0.1) is 13.2 Å². The van der Waals surface area contributed by atoms with Crippen molar-refractivity contribution in [3.8, 4) is 5.75 Å². The third-order valence-corrected chi connectivity index (χ3v) is 1.52. The summed E-state index contributed by atoms with van der Waals surface area (Å²) in [7, 11) is 0. The molecule has 0 unspecified atom stereocenters. The second-order valence-electron chi connectivity index (χ2n) is 2.53. The SMILES string of the molecule is Cc1c(OC(F)(F)F)ccc(F)c1F. The molecule has 1 aromatic carbocycles. The van der Waals surface area contributed by atoms with Gasteiger partial charge in [0.05, 0.1) is 0 Å². The van der Waals surface area contributed by atoms with Gasteiger partial charge in [0.2, 0.25) is 0 Å². The Morgan fingerprint density at radius 1 is 1.14 bits per heavy atom. The van der Waals surface area contributed by atoms with Gasteiger partial charge in [0, 0.05) is 5.56 Å². The van der Waals surface area contributed by atoms with E-state index in [2.05, 4.69) is 4.74 Å². The molecule has 0 aliphatic rings. The third kappa shape index (κ3) is 2.34. The minimum atomic E-state index is -4.91. The van der Waals surface area contributed by atoms with Crippen LogP contribution in [0, 0.1) is 18.6 Å². The molecule has 0 bridgehead atoms. The third-order valence-electron chi connectivity index (χ3n) is 1.52. The molecule has 0 N–H and O–H groups in total. The Kier molecular flexibility index (Phi) is 2.64. The lowest BCUT2D eigenvalue weighted by Gasteiger charge is -2.11. The molecule has 6 heteroatoms. The molecule has 1 rings (SSSR count). The van der Waals surface area contributed by atoms with Gasteiger partial charge in [0.1, 0.15) is 5.75 Å². The number of benzene rings is 1. The Labute approximate surface area is 76.1 Å². The summed E-state index contributed by atoms with van der Waals surface area (Å²) in [6.07, 6.45) is -4.91. The van der Waals surface area contributed by atoms with E-state index in [4.69, 9.17) is 0 Å². The molecule has 14 heavy (non-hydrogen) atoms. The number of hydrogen-bond acceptors (Lipinski definition) is 1. The summed E-state index contributed by atoms with van der Waals surface area (Å²) in [5.74, 6) is -3.29. The smallest absolute Gasteiger partial charge is 0.405 e. The molecule has 0 heterocycles. The summed E-state index contributed by atoms with van der Waals surface area (Å²) >= 11 is 0. The van der Waals surface area contributed by atoms with Crippen LogP contribution in [0.1, 0.15) is 5.56 Å². The lowest BCUT2D eigenvalue weighted by atomic mass is 10.2. The topological polar surface area (TPSA) is 9.23 Å². The minimum Gasteiger partial charge on any atom is -0.405 e. The van der Waals surface area contributed by atoms with Crippen LogP contribution in [0.3, 0.4) is 0 Å². The number of hydrogen-bond donors (Lipinski definition) is 0. The van der Waals surface area contributed by atoms with E-state index in [1.165, 1.54) is 0 Å². The van der Waals surface area contributed by atoms with E-state index < -0.39 is 29.3 Å². The predicted octanol–water partition coefficient (Wildman–Crippen LogP) is 3.17. The zero-order chi connectivity index (χ0) is 10.9. The summed E-state index contributed by atoms with van der Waals surface area (Å²) in [5.41, 5.74) is -0.512. The Morgan fingerprint density at radius 2 is 1.71 bits per heavy atom. The fourth-order valence-electron chi connectivity index (χ4n) is 0.870. The monoisotopic (exact) mass is 212 g/mol. The van der Waals surface area contributed by atoms with Crippen LogP contribution in [0.5, 0.6) is 5.75 Å². The summed E-state index contributed by atoms with van der Waals surface area (Å²) in [5, 5.41) is 0. The Morgan fingerprint density at radius 3 is 2.21 bits per heavy atom. The molecular weight excluding hydrogens is 207 g/mol. The van der Waals surface area contributed by atoms with E-state index in [-0.39, 0.29) is 0 Å². The molecule has 0 aliphatic heterocycles. The zero-order valence-electron chi connectivity index (χ0n) is 6.95. The summed E-state index contributed by atoms with van der Waals surface area (Å²) in [6.45, 7) is 0.999. The largest absolute Gasteiger partial charge is 0.573 e. The predicted molar refractivity (Wildman–Crippen MR) is 37.8 cm³/mol. The van der Waals surface area contributed by atoms with E-state index in [1.54, 1.807) is 0 Å². The first-order valence-corrected chi connectivity index (χ1v) is 3.51. The second kappa shape index (κ2) is 3.43. The van der Waals surface area contributed by atoms with Gasteiger partial charge in [-0.05, 0) is 19.1 Å². The normalized spacial score (nSPS) is 11.6. The van der Waals surface area contributed by atoms with E-state index in [0.717, 1.165) is 13.0 Å². The maximum Gasteiger partial charge on any atom is 0.573 e. The number of alkyl halides is 3. The van der Waals surface area contributed by atoms with E-state index in [0.29, 0.717) is 6.07 Å². The molecule has 0 aliphatic carbocycles. The molecular formula is C8H5F5O. The highest BCUT2D eigenvalue weighted by Crippen LogP contribution is 2.28. The molecule has 0 fully saturated rings. The summed E-state index contributed by atoms with van der Waals surface area (Å²) < 4.78 is 63.8. The van der Waals surface area contributed by atoms with Crippen molar-refractivity contribution in [2.45, 2.75) is 13.3 Å². The fourth-order valence-corrected chi connectivity index (χ4v) is 0.870. The van der Waals surface area contributed by atoms with Gasteiger partial charge in [0.25, 0.3) is 0 Å². The van der Waals surface area contributed by atoms with Gasteiger partial charge < -0.3 is 4.74 Å². The molecule has 0 aromatic heterocycles. The average Bonchev–Trinajstić information content (AvgIpc) is 2.04. The van der Waals surface area contributed by atoms with Gasteiger partial charge in [0.15, 0.2) is 11.6 Å². The van der Waals surface area contributed by atoms with Crippen LogP contribution in [0.2, 0.25) is 0 Å². The van der Waals surface area contributed by atoms with Gasteiger partial charge in [-0.2, -0.15) is 0 Å². The Bertz CT molecular complexity index is 344. The fraction of sp³-hybridized carbons (Fsp3) is 0.250. The van der Waals surface area contributed by atoms with Crippen LogP contribution in [-0.2, 0) is 0 Å². The highest BCUT2D eigenvalue weighted by Gasteiger charge is 2.32. The standard InChI is InChI=1S/C8H5F5O/c1-4-6(14-8(11,12)13)3-2-5(9)7(4)10/h2-3H,1H3. The molecule has 0 saturated heterocycles. The van der Waals surface area contributed by atoms with Gasteiger partial charge in [-0.25, -0.2) is 8.78 Å². The molecule has 0 radical (unpaired) electrons. The number of rotatable bonds is 1. The van der Waals surface area contributed by atoms with Crippen molar-refractivity contribution >= 4 is 0 Å². The van der Waals surface area contributed by atoms with Crippen molar-refractivity contribution in [3.05, 3.63) is 29.3 Å². The van der Waals surface area contributed by atoms with Crippen LogP contribution in [-0.4, -0.2) is 6.36 Å². The van der Waals surface area contributed by atoms with Gasteiger partial charge in [-0.3, -0.25) is 0 Å². The van der Waals surface area contributed by atoms with Crippen LogP contribution < -0.4 is 4.74 Å². The van der Waals surface area contributed by atoms with Crippen LogP contribution in [0.25, 0.3) is 0 Å². The summed E-state index contributed by atoms with van der Waals surface area (Å²) in [4.78, 5) is 0. The van der Waals surface area contributed by atoms with Crippen molar-refractivity contribution in [2.24, 2.45) is 0 Å². The van der Waals surface area contributed by atoms with Crippen LogP contribution >= 0.6 is 0 Å². The quantitative estimate of drug-likeness (QED) is 0.649. The zero-order valence-corrected chi connectivity index (χ0v) is 6.95. The molecule has 78 valence electrons. The highest BCUT2D eigenvalue weighted by atomic mass is 19.4. The number of ether oxygens (including phenoxy) is 1. The molecule has 1 nitrogen and oxygen atoms in total. The first-order chi connectivity index (χ1) is 6.31. The lowest BCUT2D eigenvalue weighted by molar-refractivity contribution is -0.274. The Hall–Kier alpha value is -1.33. The first kappa shape index (κ1) is 10.7. The molecule has 0 saturated carbocycles. The average molecular weight is 212 g/mol. The first-order valence-electron chi connectivity index (χ1n) is 3.51. The molecule has 0 atom stereocenters. The lowest BCUT2D eigenvalue weighted by Crippen LogP contribution is -2.18. The molecule has 1 aromatic rings. The van der Waals surface area contributed by atoms with Gasteiger partial charge in [-0.1, -0.05) is 0 Å². The molecule has 0 amide bonds. The minimum absolute atomic E-state index is 0.512. The van der Waals surface area contributed by atoms with Crippen molar-refractivity contribution in [3.63, 3.8) is 0 Å². The molecule has 0 spiro atoms. The van der Waals surface area contributed by atoms with Crippen molar-refractivity contribution < 1.29 is 26.7 Å². The van der Waals surface area contributed by atoms with Gasteiger partial charge >= 0.3 is 6.36 Å².